The van der Waals surface area contributed by atoms with Crippen LogP contribution in [0.4, 0.5) is 0 Å². The molecule has 0 aliphatic carbocycles. The van der Waals surface area contributed by atoms with Crippen molar-refractivity contribution in [2.45, 2.75) is 20.0 Å². The Morgan fingerprint density at radius 3 is 2.72 bits per heavy atom. The Labute approximate surface area is 190 Å². The lowest BCUT2D eigenvalue weighted by molar-refractivity contribution is 0.796. The van der Waals surface area contributed by atoms with Crippen molar-refractivity contribution in [3.8, 4) is 11.3 Å². The molecule has 0 fully saturated rings. The molecular formula is C20H22IN7S. The number of aromatic nitrogens is 4. The number of rotatable bonds is 6. The summed E-state index contributed by atoms with van der Waals surface area (Å²) in [4.78, 5) is 9.34. The molecule has 7 nitrogen and oxygen atoms in total. The molecule has 2 N–H and O–H groups in total. The minimum Gasteiger partial charge on any atom is -0.357 e. The number of nitrogens with one attached hydrogen (secondary N) is 2. The standard InChI is InChI=1S/C20H21N7S.HI/c1-2-21-20(22-12-18-26-25-17-10-6-7-11-27(17)18)23-13-19-24-16(14-28-19)15-8-4-3-5-9-15;/h3-11,14H,2,12-13H2,1H3,(H2,21,22,23);1H. The number of thiazole rings is 1. The smallest absolute Gasteiger partial charge is 0.192 e. The first kappa shape index (κ1) is 21.2. The van der Waals surface area contributed by atoms with Gasteiger partial charge in [-0.2, -0.15) is 0 Å². The number of halogens is 1. The van der Waals surface area contributed by atoms with Crippen LogP contribution in [0.1, 0.15) is 17.8 Å². The average Bonchev–Trinajstić information content (AvgIpc) is 3.38. The summed E-state index contributed by atoms with van der Waals surface area (Å²) in [6.45, 7) is 3.87. The SMILES string of the molecule is CCNC(=NCc1nnc2ccccn12)NCc1nc(-c2ccccc2)cs1.I. The van der Waals surface area contributed by atoms with E-state index in [9.17, 15) is 0 Å². The number of aliphatic imine (C=N–C) groups is 1. The van der Waals surface area contributed by atoms with Gasteiger partial charge in [0.15, 0.2) is 17.4 Å². The van der Waals surface area contributed by atoms with Gasteiger partial charge in [0.25, 0.3) is 0 Å². The zero-order valence-corrected chi connectivity index (χ0v) is 19.1. The normalized spacial score (nSPS) is 11.3. The molecule has 9 heteroatoms. The van der Waals surface area contributed by atoms with Crippen LogP contribution in [0.5, 0.6) is 0 Å². The van der Waals surface area contributed by atoms with Crippen molar-refractivity contribution >= 4 is 46.9 Å². The Bertz CT molecular complexity index is 1070. The molecule has 0 aliphatic rings. The van der Waals surface area contributed by atoms with E-state index in [4.69, 9.17) is 4.98 Å². The van der Waals surface area contributed by atoms with Crippen molar-refractivity contribution in [1.82, 2.24) is 30.2 Å². The fourth-order valence-electron chi connectivity index (χ4n) is 2.78. The van der Waals surface area contributed by atoms with Crippen LogP contribution in [0.25, 0.3) is 16.9 Å². The van der Waals surface area contributed by atoms with Crippen LogP contribution < -0.4 is 10.6 Å². The van der Waals surface area contributed by atoms with Crippen molar-refractivity contribution < 1.29 is 0 Å². The maximum absolute atomic E-state index is 4.71. The first-order valence-electron chi connectivity index (χ1n) is 9.14. The second kappa shape index (κ2) is 10.3. The molecular weight excluding hydrogens is 497 g/mol. The molecule has 0 spiro atoms. The van der Waals surface area contributed by atoms with Crippen LogP contribution in [0.3, 0.4) is 0 Å². The summed E-state index contributed by atoms with van der Waals surface area (Å²) in [6, 6.07) is 16.0. The summed E-state index contributed by atoms with van der Waals surface area (Å²) >= 11 is 1.64. The van der Waals surface area contributed by atoms with Gasteiger partial charge >= 0.3 is 0 Å². The topological polar surface area (TPSA) is 79.5 Å². The number of hydrogen-bond donors (Lipinski definition) is 2. The van der Waals surface area contributed by atoms with Crippen molar-refractivity contribution in [1.29, 1.82) is 0 Å². The Morgan fingerprint density at radius 1 is 1.07 bits per heavy atom. The summed E-state index contributed by atoms with van der Waals surface area (Å²) in [5, 5.41) is 18.1. The van der Waals surface area contributed by atoms with Crippen LogP contribution in [0.2, 0.25) is 0 Å². The lowest BCUT2D eigenvalue weighted by Crippen LogP contribution is -2.36. The van der Waals surface area contributed by atoms with E-state index in [0.717, 1.165) is 40.2 Å². The largest absolute Gasteiger partial charge is 0.357 e. The van der Waals surface area contributed by atoms with Crippen molar-refractivity contribution in [3.63, 3.8) is 0 Å². The third-order valence-electron chi connectivity index (χ3n) is 4.14. The molecule has 3 aromatic heterocycles. The number of hydrogen-bond acceptors (Lipinski definition) is 5. The summed E-state index contributed by atoms with van der Waals surface area (Å²) in [5.41, 5.74) is 2.95. The van der Waals surface area contributed by atoms with Crippen LogP contribution >= 0.6 is 35.3 Å². The van der Waals surface area contributed by atoms with Gasteiger partial charge in [0.2, 0.25) is 0 Å². The highest BCUT2D eigenvalue weighted by atomic mass is 127. The monoisotopic (exact) mass is 519 g/mol. The van der Waals surface area contributed by atoms with E-state index in [1.165, 1.54) is 0 Å². The molecule has 0 radical (unpaired) electrons. The van der Waals surface area contributed by atoms with Gasteiger partial charge in [-0.05, 0) is 19.1 Å². The van der Waals surface area contributed by atoms with Gasteiger partial charge in [0, 0.05) is 23.7 Å². The van der Waals surface area contributed by atoms with E-state index in [2.05, 4.69) is 43.3 Å². The quantitative estimate of drug-likeness (QED) is 0.231. The summed E-state index contributed by atoms with van der Waals surface area (Å²) in [6.07, 6.45) is 1.95. The number of pyridine rings is 1. The summed E-state index contributed by atoms with van der Waals surface area (Å²) in [5.74, 6) is 1.53. The molecule has 0 saturated heterocycles. The maximum Gasteiger partial charge on any atom is 0.192 e. The van der Waals surface area contributed by atoms with Gasteiger partial charge in [-0.25, -0.2) is 9.98 Å². The van der Waals surface area contributed by atoms with E-state index in [-0.39, 0.29) is 24.0 Å². The lowest BCUT2D eigenvalue weighted by atomic mass is 10.2. The van der Waals surface area contributed by atoms with Crippen molar-refractivity contribution in [2.24, 2.45) is 4.99 Å². The molecule has 4 aromatic rings. The predicted octanol–water partition coefficient (Wildman–Crippen LogP) is 3.73. The fraction of sp³-hybridized carbons (Fsp3) is 0.200. The lowest BCUT2D eigenvalue weighted by Gasteiger charge is -2.09. The van der Waals surface area contributed by atoms with E-state index in [1.54, 1.807) is 11.3 Å². The summed E-state index contributed by atoms with van der Waals surface area (Å²) < 4.78 is 1.94. The first-order chi connectivity index (χ1) is 13.8. The van der Waals surface area contributed by atoms with Crippen molar-refractivity contribution in [2.75, 3.05) is 6.54 Å². The molecule has 3 heterocycles. The number of fused-ring (bicyclic) bond motifs is 1. The van der Waals surface area contributed by atoms with E-state index >= 15 is 0 Å². The number of nitrogens with zero attached hydrogens (tertiary/aromatic N) is 5. The van der Waals surface area contributed by atoms with E-state index < -0.39 is 0 Å². The van der Waals surface area contributed by atoms with Gasteiger partial charge in [0.1, 0.15) is 11.6 Å². The van der Waals surface area contributed by atoms with Gasteiger partial charge in [-0.15, -0.1) is 45.5 Å². The highest BCUT2D eigenvalue weighted by Gasteiger charge is 2.07. The Hall–Kier alpha value is -2.53. The van der Waals surface area contributed by atoms with Gasteiger partial charge in [-0.3, -0.25) is 4.40 Å². The van der Waals surface area contributed by atoms with Gasteiger partial charge in [0.05, 0.1) is 12.2 Å². The van der Waals surface area contributed by atoms with E-state index in [1.807, 2.05) is 53.9 Å². The molecule has 0 unspecified atom stereocenters. The number of benzene rings is 1. The maximum atomic E-state index is 4.71. The molecule has 0 bridgehead atoms. The highest BCUT2D eigenvalue weighted by molar-refractivity contribution is 14.0. The number of guanidine groups is 1. The molecule has 29 heavy (non-hydrogen) atoms. The second-order valence-electron chi connectivity index (χ2n) is 6.09. The Kier molecular flexibility index (Phi) is 7.53. The van der Waals surface area contributed by atoms with Gasteiger partial charge < -0.3 is 10.6 Å². The Balaban J connectivity index is 0.00000240. The zero-order valence-electron chi connectivity index (χ0n) is 15.9. The molecule has 0 saturated carbocycles. The van der Waals surface area contributed by atoms with Crippen LogP contribution in [-0.2, 0) is 13.1 Å². The average molecular weight is 519 g/mol. The predicted molar refractivity (Wildman–Crippen MR) is 128 cm³/mol. The molecule has 0 aliphatic heterocycles. The molecule has 1 aromatic carbocycles. The van der Waals surface area contributed by atoms with Gasteiger partial charge in [-0.1, -0.05) is 36.4 Å². The highest BCUT2D eigenvalue weighted by Crippen LogP contribution is 2.21. The minimum atomic E-state index is 0. The molecule has 0 amide bonds. The summed E-state index contributed by atoms with van der Waals surface area (Å²) in [7, 11) is 0. The van der Waals surface area contributed by atoms with E-state index in [0.29, 0.717) is 13.1 Å². The third-order valence-corrected chi connectivity index (χ3v) is 4.98. The molecule has 0 atom stereocenters. The zero-order chi connectivity index (χ0) is 19.2. The van der Waals surface area contributed by atoms with Crippen LogP contribution in [0.15, 0.2) is 65.1 Å². The third kappa shape index (κ3) is 5.30. The van der Waals surface area contributed by atoms with Crippen molar-refractivity contribution in [3.05, 3.63) is 70.9 Å². The fourth-order valence-corrected chi connectivity index (χ4v) is 3.53. The minimum absolute atomic E-state index is 0. The second-order valence-corrected chi connectivity index (χ2v) is 7.03. The molecule has 4 rings (SSSR count). The van der Waals surface area contributed by atoms with Crippen LogP contribution in [0, 0.1) is 0 Å². The van der Waals surface area contributed by atoms with Crippen LogP contribution in [-0.4, -0.2) is 32.1 Å². The Morgan fingerprint density at radius 2 is 1.90 bits per heavy atom. The molecule has 150 valence electrons. The first-order valence-corrected chi connectivity index (χ1v) is 10.0.